The standard InChI is InChI=1S/C23H24N6O7/c1-12(30)27-17-16(9-34-13(2)31)36-23(19(17)35-14(3)32)29-11-26-18-20(24-10-25-21(18)29)28-22(33)15-7-5-4-6-8-15/h4-8,10-11,16-17,19,23H,9H2,1-3H3,(H,27,30)(H,24,25,28,33)/t16-,17-,19-,23-/m1/s1. The summed E-state index contributed by atoms with van der Waals surface area (Å²) in [5.41, 5.74) is 0.987. The minimum absolute atomic E-state index is 0.171. The number of nitrogens with zero attached hydrogens (tertiary/aromatic N) is 4. The lowest BCUT2D eigenvalue weighted by atomic mass is 10.1. The molecule has 1 saturated heterocycles. The van der Waals surface area contributed by atoms with E-state index in [9.17, 15) is 19.2 Å². The van der Waals surface area contributed by atoms with Gasteiger partial charge in [0.05, 0.1) is 12.4 Å². The van der Waals surface area contributed by atoms with Gasteiger partial charge >= 0.3 is 11.9 Å². The number of hydrogen-bond donors (Lipinski definition) is 2. The van der Waals surface area contributed by atoms with Crippen LogP contribution < -0.4 is 10.6 Å². The quantitative estimate of drug-likeness (QED) is 0.451. The molecule has 4 atom stereocenters. The average molecular weight is 496 g/mol. The van der Waals surface area contributed by atoms with E-state index >= 15 is 0 Å². The number of aromatic nitrogens is 4. The zero-order chi connectivity index (χ0) is 25.8. The highest BCUT2D eigenvalue weighted by Crippen LogP contribution is 2.34. The maximum absolute atomic E-state index is 12.6. The number of nitrogens with one attached hydrogen (secondary N) is 2. The first-order chi connectivity index (χ1) is 17.2. The number of carbonyl (C=O) groups is 4. The van der Waals surface area contributed by atoms with E-state index in [1.165, 1.54) is 38.0 Å². The number of ether oxygens (including phenoxy) is 3. The Kier molecular flexibility index (Phi) is 7.20. The molecule has 3 heterocycles. The fourth-order valence-electron chi connectivity index (χ4n) is 3.93. The molecule has 1 aliphatic rings. The third kappa shape index (κ3) is 5.30. The number of amides is 2. The van der Waals surface area contributed by atoms with Crippen LogP contribution in [0.2, 0.25) is 0 Å². The van der Waals surface area contributed by atoms with Gasteiger partial charge in [0.15, 0.2) is 29.3 Å². The molecule has 2 aromatic heterocycles. The summed E-state index contributed by atoms with van der Waals surface area (Å²) in [6, 6.07) is 7.77. The van der Waals surface area contributed by atoms with Gasteiger partial charge < -0.3 is 24.8 Å². The molecular formula is C23H24N6O7. The molecule has 0 spiro atoms. The van der Waals surface area contributed by atoms with Crippen LogP contribution in [0, 0.1) is 0 Å². The highest BCUT2D eigenvalue weighted by molar-refractivity contribution is 6.06. The molecule has 4 rings (SSSR count). The number of rotatable bonds is 7. The van der Waals surface area contributed by atoms with E-state index in [-0.39, 0.29) is 29.5 Å². The predicted molar refractivity (Wildman–Crippen MR) is 123 cm³/mol. The third-order valence-corrected chi connectivity index (χ3v) is 5.37. The lowest BCUT2D eigenvalue weighted by Crippen LogP contribution is -2.49. The van der Waals surface area contributed by atoms with Crippen molar-refractivity contribution in [2.24, 2.45) is 0 Å². The summed E-state index contributed by atoms with van der Waals surface area (Å²) in [5.74, 6) is -1.74. The van der Waals surface area contributed by atoms with Crippen molar-refractivity contribution in [3.05, 3.63) is 48.5 Å². The summed E-state index contributed by atoms with van der Waals surface area (Å²) in [6.07, 6.45) is -0.162. The van der Waals surface area contributed by atoms with Gasteiger partial charge in [0.25, 0.3) is 5.91 Å². The first-order valence-corrected chi connectivity index (χ1v) is 11.0. The molecule has 2 N–H and O–H groups in total. The number of hydrogen-bond acceptors (Lipinski definition) is 10. The Morgan fingerprint density at radius 3 is 2.44 bits per heavy atom. The minimum atomic E-state index is -0.998. The maximum atomic E-state index is 12.6. The predicted octanol–water partition coefficient (Wildman–Crippen LogP) is 0.975. The molecule has 13 nitrogen and oxygen atoms in total. The molecule has 0 unspecified atom stereocenters. The van der Waals surface area contributed by atoms with Crippen LogP contribution in [0.15, 0.2) is 43.0 Å². The molecule has 0 bridgehead atoms. The highest BCUT2D eigenvalue weighted by Gasteiger charge is 2.49. The molecule has 0 radical (unpaired) electrons. The molecule has 0 saturated carbocycles. The van der Waals surface area contributed by atoms with Crippen molar-refractivity contribution >= 4 is 40.7 Å². The summed E-state index contributed by atoms with van der Waals surface area (Å²) in [6.45, 7) is 3.60. The van der Waals surface area contributed by atoms with E-state index in [0.717, 1.165) is 0 Å². The van der Waals surface area contributed by atoms with Crippen molar-refractivity contribution in [1.29, 1.82) is 0 Å². The van der Waals surface area contributed by atoms with Gasteiger partial charge in [-0.2, -0.15) is 0 Å². The van der Waals surface area contributed by atoms with Crippen LogP contribution in [0.5, 0.6) is 0 Å². The van der Waals surface area contributed by atoms with Crippen molar-refractivity contribution in [3.63, 3.8) is 0 Å². The van der Waals surface area contributed by atoms with Crippen LogP contribution >= 0.6 is 0 Å². The fourth-order valence-corrected chi connectivity index (χ4v) is 3.93. The van der Waals surface area contributed by atoms with Gasteiger partial charge in [-0.25, -0.2) is 15.0 Å². The third-order valence-electron chi connectivity index (χ3n) is 5.37. The maximum Gasteiger partial charge on any atom is 0.303 e. The van der Waals surface area contributed by atoms with Crippen LogP contribution in [0.25, 0.3) is 11.2 Å². The van der Waals surface area contributed by atoms with Gasteiger partial charge in [0.2, 0.25) is 5.91 Å². The van der Waals surface area contributed by atoms with Gasteiger partial charge in [-0.05, 0) is 12.1 Å². The van der Waals surface area contributed by atoms with Crippen LogP contribution in [0.3, 0.4) is 0 Å². The summed E-state index contributed by atoms with van der Waals surface area (Å²) < 4.78 is 18.2. The molecule has 0 aliphatic carbocycles. The normalized spacial score (nSPS) is 21.1. The van der Waals surface area contributed by atoms with Gasteiger partial charge in [-0.15, -0.1) is 0 Å². The van der Waals surface area contributed by atoms with Crippen molar-refractivity contribution in [2.45, 2.75) is 45.2 Å². The van der Waals surface area contributed by atoms with Gasteiger partial charge in [0.1, 0.15) is 19.0 Å². The molecule has 2 amide bonds. The van der Waals surface area contributed by atoms with E-state index in [2.05, 4.69) is 25.6 Å². The monoisotopic (exact) mass is 496 g/mol. The van der Waals surface area contributed by atoms with Crippen LogP contribution in [-0.4, -0.2) is 68.1 Å². The Labute approximate surface area is 205 Å². The molecule has 3 aromatic rings. The molecule has 188 valence electrons. The molecule has 1 aromatic carbocycles. The summed E-state index contributed by atoms with van der Waals surface area (Å²) in [7, 11) is 0. The van der Waals surface area contributed by atoms with E-state index < -0.39 is 42.3 Å². The molecule has 13 heteroatoms. The first kappa shape index (κ1) is 24.7. The number of anilines is 1. The zero-order valence-electron chi connectivity index (χ0n) is 19.7. The first-order valence-electron chi connectivity index (χ1n) is 11.0. The van der Waals surface area contributed by atoms with Crippen LogP contribution in [0.4, 0.5) is 5.82 Å². The Bertz CT molecular complexity index is 1290. The average Bonchev–Trinajstić information content (AvgIpc) is 3.40. The molecule has 36 heavy (non-hydrogen) atoms. The van der Waals surface area contributed by atoms with E-state index in [1.54, 1.807) is 30.3 Å². The largest absolute Gasteiger partial charge is 0.463 e. The number of esters is 2. The smallest absolute Gasteiger partial charge is 0.303 e. The second-order valence-electron chi connectivity index (χ2n) is 8.03. The Morgan fingerprint density at radius 1 is 1.03 bits per heavy atom. The molecular weight excluding hydrogens is 472 g/mol. The van der Waals surface area contributed by atoms with E-state index in [0.29, 0.717) is 5.56 Å². The topological polar surface area (TPSA) is 164 Å². The minimum Gasteiger partial charge on any atom is -0.463 e. The fraction of sp³-hybridized carbons (Fsp3) is 0.348. The summed E-state index contributed by atoms with van der Waals surface area (Å²) >= 11 is 0. The van der Waals surface area contributed by atoms with Gasteiger partial charge in [0, 0.05) is 26.3 Å². The van der Waals surface area contributed by atoms with Crippen LogP contribution in [-0.2, 0) is 28.6 Å². The number of benzene rings is 1. The summed E-state index contributed by atoms with van der Waals surface area (Å²) in [5, 5.41) is 5.43. The Hall–Kier alpha value is -4.39. The van der Waals surface area contributed by atoms with Crippen LogP contribution in [0.1, 0.15) is 37.4 Å². The van der Waals surface area contributed by atoms with E-state index in [4.69, 9.17) is 14.2 Å². The lowest BCUT2D eigenvalue weighted by molar-refractivity contribution is -0.153. The second kappa shape index (κ2) is 10.5. The molecule has 1 fully saturated rings. The summed E-state index contributed by atoms with van der Waals surface area (Å²) in [4.78, 5) is 60.6. The van der Waals surface area contributed by atoms with Crippen molar-refractivity contribution in [3.8, 4) is 0 Å². The zero-order valence-corrected chi connectivity index (χ0v) is 19.7. The van der Waals surface area contributed by atoms with Crippen molar-refractivity contribution in [2.75, 3.05) is 11.9 Å². The van der Waals surface area contributed by atoms with Crippen molar-refractivity contribution < 1.29 is 33.4 Å². The van der Waals surface area contributed by atoms with Gasteiger partial charge in [-0.1, -0.05) is 18.2 Å². The SMILES string of the molecule is CC(=O)N[C@H]1[C@@H](OC(C)=O)[C@H](n2cnc3c(NC(=O)c4ccccc4)ncnc32)O[C@@H]1COC(C)=O. The van der Waals surface area contributed by atoms with Crippen molar-refractivity contribution in [1.82, 2.24) is 24.8 Å². The lowest BCUT2D eigenvalue weighted by Gasteiger charge is -2.24. The molecule has 1 aliphatic heterocycles. The Balaban J connectivity index is 1.68. The Morgan fingerprint density at radius 2 is 1.78 bits per heavy atom. The number of fused-ring (bicyclic) bond motifs is 1. The van der Waals surface area contributed by atoms with E-state index in [1.807, 2.05) is 0 Å². The highest BCUT2D eigenvalue weighted by atomic mass is 16.6. The number of carbonyl (C=O) groups excluding carboxylic acids is 4. The number of imidazole rings is 1. The van der Waals surface area contributed by atoms with Gasteiger partial charge in [-0.3, -0.25) is 23.7 Å². The second-order valence-corrected chi connectivity index (χ2v) is 8.03.